The summed E-state index contributed by atoms with van der Waals surface area (Å²) in [6.45, 7) is 2.01. The number of hydrogen-bond donors (Lipinski definition) is 2. The van der Waals surface area contributed by atoms with Crippen LogP contribution in [0.5, 0.6) is 0 Å². The first-order chi connectivity index (χ1) is 12.5. The number of nitrogens with one attached hydrogen (secondary N) is 2. The number of halogens is 2. The predicted octanol–water partition coefficient (Wildman–Crippen LogP) is 6.16. The summed E-state index contributed by atoms with van der Waals surface area (Å²) < 4.78 is 0. The number of anilines is 1. The van der Waals surface area contributed by atoms with Crippen LogP contribution in [0.2, 0.25) is 10.0 Å². The minimum absolute atomic E-state index is 0.319. The number of amides is 1. The Balaban J connectivity index is 1.65. The molecule has 0 atom stereocenters. The summed E-state index contributed by atoms with van der Waals surface area (Å²) in [4.78, 5) is 20.4. The molecule has 0 saturated heterocycles. The number of fused-ring (bicyclic) bond motifs is 1. The average molecular weight is 402 g/mol. The van der Waals surface area contributed by atoms with E-state index >= 15 is 0 Å². The molecule has 0 bridgehead atoms. The first kappa shape index (κ1) is 17.1. The predicted molar refractivity (Wildman–Crippen MR) is 109 cm³/mol. The Labute approximate surface area is 163 Å². The number of carbonyl (C=O) groups is 1. The SMILES string of the molecule is Cc1[nH]c2ccccc2c1-c1csc(NC(=O)c2cc(Cl)ccc2Cl)n1. The quantitative estimate of drug-likeness (QED) is 0.431. The Morgan fingerprint density at radius 3 is 2.85 bits per heavy atom. The van der Waals surface area contributed by atoms with Crippen LogP contribution in [0.4, 0.5) is 5.13 Å². The summed E-state index contributed by atoms with van der Waals surface area (Å²) in [6.07, 6.45) is 0. The Bertz CT molecular complexity index is 1130. The lowest BCUT2D eigenvalue weighted by Crippen LogP contribution is -2.12. The number of benzene rings is 2. The number of rotatable bonds is 3. The van der Waals surface area contributed by atoms with Gasteiger partial charge in [-0.3, -0.25) is 10.1 Å². The largest absolute Gasteiger partial charge is 0.358 e. The van der Waals surface area contributed by atoms with Crippen molar-refractivity contribution in [1.29, 1.82) is 0 Å². The molecule has 0 aliphatic heterocycles. The van der Waals surface area contributed by atoms with Gasteiger partial charge in [-0.2, -0.15) is 0 Å². The van der Waals surface area contributed by atoms with Gasteiger partial charge >= 0.3 is 0 Å². The molecule has 0 fully saturated rings. The van der Waals surface area contributed by atoms with Crippen LogP contribution in [0.25, 0.3) is 22.2 Å². The fraction of sp³-hybridized carbons (Fsp3) is 0.0526. The van der Waals surface area contributed by atoms with E-state index < -0.39 is 0 Å². The average Bonchev–Trinajstić information content (AvgIpc) is 3.19. The molecule has 26 heavy (non-hydrogen) atoms. The number of para-hydroxylation sites is 1. The molecule has 4 rings (SSSR count). The molecule has 0 aliphatic carbocycles. The molecule has 0 spiro atoms. The second-order valence-electron chi connectivity index (χ2n) is 5.79. The van der Waals surface area contributed by atoms with Crippen LogP contribution in [0.3, 0.4) is 0 Å². The molecule has 2 aromatic heterocycles. The van der Waals surface area contributed by atoms with Crippen LogP contribution in [0.15, 0.2) is 47.8 Å². The number of carbonyl (C=O) groups excluding carboxylic acids is 1. The fourth-order valence-electron chi connectivity index (χ4n) is 2.89. The molecule has 0 radical (unpaired) electrons. The number of nitrogens with zero attached hydrogens (tertiary/aromatic N) is 1. The van der Waals surface area contributed by atoms with Gasteiger partial charge in [-0.15, -0.1) is 11.3 Å². The van der Waals surface area contributed by atoms with Crippen LogP contribution in [0.1, 0.15) is 16.1 Å². The normalized spacial score (nSPS) is 11.0. The first-order valence-electron chi connectivity index (χ1n) is 7.82. The molecule has 0 unspecified atom stereocenters. The second kappa shape index (κ2) is 6.76. The number of thiazole rings is 1. The number of aryl methyl sites for hydroxylation is 1. The molecule has 2 heterocycles. The van der Waals surface area contributed by atoms with E-state index in [1.54, 1.807) is 12.1 Å². The molecular formula is C19H13Cl2N3OS. The molecule has 0 aliphatic rings. The second-order valence-corrected chi connectivity index (χ2v) is 7.49. The monoisotopic (exact) mass is 401 g/mol. The van der Waals surface area contributed by atoms with Gasteiger partial charge in [0.2, 0.25) is 0 Å². The lowest BCUT2D eigenvalue weighted by molar-refractivity contribution is 0.102. The van der Waals surface area contributed by atoms with Crippen molar-refractivity contribution >= 4 is 56.5 Å². The standard InChI is InChI=1S/C19H13Cl2N3OS/c1-10-17(12-4-2-3-5-15(12)22-10)16-9-26-19(23-16)24-18(25)13-8-11(20)6-7-14(13)21/h2-9,22H,1H3,(H,23,24,25). The van der Waals surface area contributed by atoms with Gasteiger partial charge in [-0.05, 0) is 31.2 Å². The number of hydrogen-bond acceptors (Lipinski definition) is 3. The van der Waals surface area contributed by atoms with E-state index in [1.165, 1.54) is 17.4 Å². The van der Waals surface area contributed by atoms with E-state index in [9.17, 15) is 4.79 Å². The molecule has 4 aromatic rings. The summed E-state index contributed by atoms with van der Waals surface area (Å²) in [5, 5.41) is 7.12. The molecular weight excluding hydrogens is 389 g/mol. The lowest BCUT2D eigenvalue weighted by Gasteiger charge is -2.04. The van der Waals surface area contributed by atoms with Crippen LogP contribution >= 0.6 is 34.5 Å². The number of H-pyrrole nitrogens is 1. The highest BCUT2D eigenvalue weighted by Gasteiger charge is 2.16. The zero-order valence-corrected chi connectivity index (χ0v) is 16.0. The molecule has 130 valence electrons. The molecule has 1 amide bonds. The highest BCUT2D eigenvalue weighted by atomic mass is 35.5. The van der Waals surface area contributed by atoms with Crippen molar-refractivity contribution in [3.8, 4) is 11.3 Å². The van der Waals surface area contributed by atoms with Gasteiger partial charge < -0.3 is 4.98 Å². The molecule has 2 aromatic carbocycles. The topological polar surface area (TPSA) is 57.8 Å². The number of aromatic amines is 1. The van der Waals surface area contributed by atoms with Gasteiger partial charge in [0.1, 0.15) is 0 Å². The van der Waals surface area contributed by atoms with Crippen LogP contribution in [-0.4, -0.2) is 15.9 Å². The van der Waals surface area contributed by atoms with Crippen molar-refractivity contribution in [3.63, 3.8) is 0 Å². The Kier molecular flexibility index (Phi) is 4.44. The van der Waals surface area contributed by atoms with Crippen LogP contribution < -0.4 is 5.32 Å². The molecule has 7 heteroatoms. The van der Waals surface area contributed by atoms with Gasteiger partial charge in [0, 0.05) is 32.6 Å². The Morgan fingerprint density at radius 2 is 2.00 bits per heavy atom. The molecule has 2 N–H and O–H groups in total. The maximum atomic E-state index is 12.5. The summed E-state index contributed by atoms with van der Waals surface area (Å²) in [5.41, 5.74) is 4.27. The molecule has 0 saturated carbocycles. The van der Waals surface area contributed by atoms with E-state index in [0.717, 1.165) is 27.9 Å². The van der Waals surface area contributed by atoms with Crippen molar-refractivity contribution in [3.05, 3.63) is 69.1 Å². The summed E-state index contributed by atoms with van der Waals surface area (Å²) in [5.74, 6) is -0.339. The minimum Gasteiger partial charge on any atom is -0.358 e. The molecule has 4 nitrogen and oxygen atoms in total. The Morgan fingerprint density at radius 1 is 1.19 bits per heavy atom. The van der Waals surface area contributed by atoms with Crippen molar-refractivity contribution in [2.75, 3.05) is 5.32 Å². The summed E-state index contributed by atoms with van der Waals surface area (Å²) in [6, 6.07) is 12.8. The van der Waals surface area contributed by atoms with Crippen molar-refractivity contribution in [1.82, 2.24) is 9.97 Å². The van der Waals surface area contributed by atoms with E-state index in [4.69, 9.17) is 23.2 Å². The number of aromatic nitrogens is 2. The van der Waals surface area contributed by atoms with Gasteiger partial charge in [0.15, 0.2) is 5.13 Å². The van der Waals surface area contributed by atoms with Crippen molar-refractivity contribution < 1.29 is 4.79 Å². The third-order valence-electron chi connectivity index (χ3n) is 4.05. The van der Waals surface area contributed by atoms with Crippen molar-refractivity contribution in [2.24, 2.45) is 0 Å². The summed E-state index contributed by atoms with van der Waals surface area (Å²) >= 11 is 13.4. The highest BCUT2D eigenvalue weighted by Crippen LogP contribution is 2.34. The van der Waals surface area contributed by atoms with Crippen LogP contribution in [0, 0.1) is 6.92 Å². The van der Waals surface area contributed by atoms with Gasteiger partial charge in [-0.25, -0.2) is 4.98 Å². The zero-order chi connectivity index (χ0) is 18.3. The maximum absolute atomic E-state index is 12.5. The smallest absolute Gasteiger partial charge is 0.259 e. The minimum atomic E-state index is -0.339. The van der Waals surface area contributed by atoms with E-state index in [1.807, 2.05) is 30.5 Å². The third-order valence-corrected chi connectivity index (χ3v) is 5.37. The van der Waals surface area contributed by atoms with Gasteiger partial charge in [0.25, 0.3) is 5.91 Å². The van der Waals surface area contributed by atoms with Crippen LogP contribution in [-0.2, 0) is 0 Å². The fourth-order valence-corrected chi connectivity index (χ4v) is 3.96. The van der Waals surface area contributed by atoms with Gasteiger partial charge in [-0.1, -0.05) is 41.4 Å². The zero-order valence-electron chi connectivity index (χ0n) is 13.6. The lowest BCUT2D eigenvalue weighted by atomic mass is 10.1. The van der Waals surface area contributed by atoms with E-state index in [-0.39, 0.29) is 5.91 Å². The maximum Gasteiger partial charge on any atom is 0.259 e. The first-order valence-corrected chi connectivity index (χ1v) is 9.46. The third kappa shape index (κ3) is 3.09. The highest BCUT2D eigenvalue weighted by molar-refractivity contribution is 7.14. The van der Waals surface area contributed by atoms with E-state index in [0.29, 0.717) is 20.7 Å². The van der Waals surface area contributed by atoms with Gasteiger partial charge in [0.05, 0.1) is 16.3 Å². The summed E-state index contributed by atoms with van der Waals surface area (Å²) in [7, 11) is 0. The Hall–Kier alpha value is -2.34. The van der Waals surface area contributed by atoms with Crippen molar-refractivity contribution in [2.45, 2.75) is 6.92 Å². The van der Waals surface area contributed by atoms with E-state index in [2.05, 4.69) is 21.4 Å².